The first kappa shape index (κ1) is 26.9. The van der Waals surface area contributed by atoms with Gasteiger partial charge in [0.25, 0.3) is 0 Å². The van der Waals surface area contributed by atoms with E-state index in [-0.39, 0.29) is 17.7 Å². The molecule has 33 heavy (non-hydrogen) atoms. The van der Waals surface area contributed by atoms with Crippen molar-refractivity contribution in [2.75, 3.05) is 12.8 Å². The summed E-state index contributed by atoms with van der Waals surface area (Å²) < 4.78 is 1.03. The van der Waals surface area contributed by atoms with Gasteiger partial charge >= 0.3 is 0 Å². The molecule has 0 fully saturated rings. The molecule has 1 heterocycles. The fourth-order valence-electron chi connectivity index (χ4n) is 3.61. The molecule has 3 atom stereocenters. The summed E-state index contributed by atoms with van der Waals surface area (Å²) in [6.07, 6.45) is 1.52. The number of hydrogen-bond acceptors (Lipinski definition) is 6. The summed E-state index contributed by atoms with van der Waals surface area (Å²) in [6.45, 7) is 3.96. The van der Waals surface area contributed by atoms with Crippen molar-refractivity contribution in [1.29, 1.82) is 0 Å². The number of carbonyl (C=O) groups excluding carboxylic acids is 3. The van der Waals surface area contributed by atoms with Crippen LogP contribution in [-0.4, -0.2) is 41.8 Å². The van der Waals surface area contributed by atoms with Gasteiger partial charge in [0.1, 0.15) is 6.04 Å². The van der Waals surface area contributed by atoms with Gasteiger partial charge in [-0.1, -0.05) is 50.2 Å². The third-order valence-corrected chi connectivity index (χ3v) is 7.59. The summed E-state index contributed by atoms with van der Waals surface area (Å²) in [5.41, 5.74) is 2.80. The molecule has 180 valence electrons. The van der Waals surface area contributed by atoms with Crippen LogP contribution in [0.25, 0.3) is 0 Å². The molecule has 0 aliphatic rings. The number of aryl methyl sites for hydroxylation is 1. The highest BCUT2D eigenvalue weighted by Gasteiger charge is 2.36. The molecule has 3 amide bonds. The lowest BCUT2D eigenvalue weighted by Gasteiger charge is -2.28. The zero-order valence-corrected chi connectivity index (χ0v) is 20.9. The van der Waals surface area contributed by atoms with E-state index in [1.165, 1.54) is 18.8 Å². The fraction of sp³-hybridized carbons (Fsp3) is 0.458. The smallest absolute Gasteiger partial charge is 0.248 e. The van der Waals surface area contributed by atoms with Crippen molar-refractivity contribution >= 4 is 40.8 Å². The number of carbonyl (C=O) groups is 3. The zero-order valence-electron chi connectivity index (χ0n) is 19.2. The average molecular weight is 492 g/mol. The van der Waals surface area contributed by atoms with Crippen LogP contribution in [0.4, 0.5) is 0 Å². The Morgan fingerprint density at radius 3 is 2.30 bits per heavy atom. The van der Waals surface area contributed by atoms with E-state index in [0.29, 0.717) is 25.0 Å². The second-order valence-electron chi connectivity index (χ2n) is 8.26. The predicted octanol–water partition coefficient (Wildman–Crippen LogP) is 3.49. The highest BCUT2D eigenvalue weighted by molar-refractivity contribution is 8.01. The molecule has 2 rings (SSSR count). The summed E-state index contributed by atoms with van der Waals surface area (Å²) in [4.78, 5) is 38.4. The first-order chi connectivity index (χ1) is 15.8. The maximum Gasteiger partial charge on any atom is 0.248 e. The SMILES string of the molecule is CNC(=O)[C@H](CCc1ccccc1)NC(=O)[C@H](CC(C)C)[C@H](CSc1cccs1)C(=O)NO. The van der Waals surface area contributed by atoms with E-state index in [0.717, 1.165) is 9.77 Å². The molecule has 0 aliphatic carbocycles. The van der Waals surface area contributed by atoms with Gasteiger partial charge < -0.3 is 10.6 Å². The van der Waals surface area contributed by atoms with Crippen LogP contribution in [0.5, 0.6) is 0 Å². The van der Waals surface area contributed by atoms with Gasteiger partial charge in [-0.3, -0.25) is 19.6 Å². The number of likely N-dealkylation sites (N-methyl/N-ethyl adjacent to an activating group) is 1. The standard InChI is InChI=1S/C24H33N3O4S2/c1-16(2)14-18(19(23(29)27-31)15-33-21-10-7-13-32-21)22(28)26-20(24(30)25-3)12-11-17-8-5-4-6-9-17/h4-10,13,16,18-20,31H,11-12,14-15H2,1-3H3,(H,25,30)(H,26,28)(H,27,29)/t18-,19+,20+/m1/s1. The van der Waals surface area contributed by atoms with Crippen molar-refractivity contribution in [3.8, 4) is 0 Å². The highest BCUT2D eigenvalue weighted by Crippen LogP contribution is 2.31. The van der Waals surface area contributed by atoms with Gasteiger partial charge in [-0.2, -0.15) is 0 Å². The first-order valence-electron chi connectivity index (χ1n) is 11.0. The van der Waals surface area contributed by atoms with Gasteiger partial charge in [-0.15, -0.1) is 23.1 Å². The number of thioether (sulfide) groups is 1. The van der Waals surface area contributed by atoms with Crippen LogP contribution in [-0.2, 0) is 20.8 Å². The molecule has 4 N–H and O–H groups in total. The Hall–Kier alpha value is -2.36. The molecule has 1 aromatic carbocycles. The summed E-state index contributed by atoms with van der Waals surface area (Å²) in [7, 11) is 1.54. The number of hydroxylamine groups is 1. The Morgan fingerprint density at radius 1 is 1.00 bits per heavy atom. The molecule has 0 saturated carbocycles. The lowest BCUT2D eigenvalue weighted by molar-refractivity contribution is -0.140. The van der Waals surface area contributed by atoms with Gasteiger partial charge in [-0.05, 0) is 42.2 Å². The van der Waals surface area contributed by atoms with Crippen molar-refractivity contribution < 1.29 is 19.6 Å². The van der Waals surface area contributed by atoms with Crippen LogP contribution in [0.1, 0.15) is 32.3 Å². The zero-order chi connectivity index (χ0) is 24.2. The number of rotatable bonds is 13. The van der Waals surface area contributed by atoms with Crippen molar-refractivity contribution in [2.24, 2.45) is 17.8 Å². The molecular formula is C24H33N3O4S2. The molecule has 2 aromatic rings. The third kappa shape index (κ3) is 8.83. The summed E-state index contributed by atoms with van der Waals surface area (Å²) in [5, 5.41) is 16.8. The lowest BCUT2D eigenvalue weighted by atomic mass is 9.84. The molecular weight excluding hydrogens is 458 g/mol. The topological polar surface area (TPSA) is 108 Å². The van der Waals surface area contributed by atoms with Crippen LogP contribution in [0.15, 0.2) is 52.1 Å². The minimum atomic E-state index is -0.746. The summed E-state index contributed by atoms with van der Waals surface area (Å²) in [6, 6.07) is 12.9. The average Bonchev–Trinajstić information content (AvgIpc) is 3.34. The number of amides is 3. The van der Waals surface area contributed by atoms with Crippen molar-refractivity contribution in [2.45, 2.75) is 43.4 Å². The number of hydrogen-bond donors (Lipinski definition) is 4. The normalized spacial score (nSPS) is 13.7. The van der Waals surface area contributed by atoms with Crippen LogP contribution in [0.2, 0.25) is 0 Å². The quantitative estimate of drug-likeness (QED) is 0.195. The van der Waals surface area contributed by atoms with Crippen molar-refractivity contribution in [3.63, 3.8) is 0 Å². The monoisotopic (exact) mass is 491 g/mol. The Labute approximate surface area is 203 Å². The second-order valence-corrected chi connectivity index (χ2v) is 10.5. The summed E-state index contributed by atoms with van der Waals surface area (Å²) >= 11 is 3.03. The van der Waals surface area contributed by atoms with Crippen LogP contribution < -0.4 is 16.1 Å². The molecule has 0 bridgehead atoms. The number of benzene rings is 1. The molecule has 7 nitrogen and oxygen atoms in total. The molecule has 0 unspecified atom stereocenters. The molecule has 0 spiro atoms. The molecule has 9 heteroatoms. The number of thiophene rings is 1. The first-order valence-corrected chi connectivity index (χ1v) is 12.9. The Balaban J connectivity index is 2.17. The minimum absolute atomic E-state index is 0.143. The van der Waals surface area contributed by atoms with Gasteiger partial charge in [0.15, 0.2) is 0 Å². The fourth-order valence-corrected chi connectivity index (χ4v) is 5.61. The van der Waals surface area contributed by atoms with Crippen LogP contribution in [0.3, 0.4) is 0 Å². The van der Waals surface area contributed by atoms with E-state index in [1.54, 1.807) is 16.8 Å². The van der Waals surface area contributed by atoms with E-state index in [1.807, 2.05) is 61.7 Å². The van der Waals surface area contributed by atoms with Crippen LogP contribution >= 0.6 is 23.1 Å². The van der Waals surface area contributed by atoms with E-state index < -0.39 is 23.8 Å². The maximum absolute atomic E-state index is 13.4. The molecule has 0 radical (unpaired) electrons. The largest absolute Gasteiger partial charge is 0.357 e. The maximum atomic E-state index is 13.4. The predicted molar refractivity (Wildman–Crippen MR) is 132 cm³/mol. The van der Waals surface area contributed by atoms with E-state index >= 15 is 0 Å². The second kappa shape index (κ2) is 14.0. The Kier molecular flexibility index (Phi) is 11.4. The Bertz CT molecular complexity index is 875. The summed E-state index contributed by atoms with van der Waals surface area (Å²) in [5.74, 6) is -2.18. The van der Waals surface area contributed by atoms with Gasteiger partial charge in [0.05, 0.1) is 16.0 Å². The molecule has 0 saturated heterocycles. The van der Waals surface area contributed by atoms with Gasteiger partial charge in [-0.25, -0.2) is 5.48 Å². The third-order valence-electron chi connectivity index (χ3n) is 5.34. The molecule has 0 aliphatic heterocycles. The van der Waals surface area contributed by atoms with Crippen molar-refractivity contribution in [1.82, 2.24) is 16.1 Å². The van der Waals surface area contributed by atoms with Gasteiger partial charge in [0, 0.05) is 12.8 Å². The minimum Gasteiger partial charge on any atom is -0.357 e. The van der Waals surface area contributed by atoms with Gasteiger partial charge in [0.2, 0.25) is 17.7 Å². The van der Waals surface area contributed by atoms with E-state index in [4.69, 9.17) is 0 Å². The van der Waals surface area contributed by atoms with Crippen molar-refractivity contribution in [3.05, 3.63) is 53.4 Å². The van der Waals surface area contributed by atoms with E-state index in [2.05, 4.69) is 10.6 Å². The molecule has 1 aromatic heterocycles. The lowest BCUT2D eigenvalue weighted by Crippen LogP contribution is -2.51. The number of nitrogens with one attached hydrogen (secondary N) is 3. The van der Waals surface area contributed by atoms with E-state index in [9.17, 15) is 19.6 Å². The highest BCUT2D eigenvalue weighted by atomic mass is 32.2. The van der Waals surface area contributed by atoms with Crippen LogP contribution in [0, 0.1) is 17.8 Å². The Morgan fingerprint density at radius 2 is 1.73 bits per heavy atom.